The van der Waals surface area contributed by atoms with Crippen LogP contribution < -0.4 is 0 Å². The molecule has 166 valence electrons. The molecule has 0 saturated carbocycles. The molecule has 1 unspecified atom stereocenters. The van der Waals surface area contributed by atoms with Crippen molar-refractivity contribution in [1.82, 2.24) is 4.98 Å². The van der Waals surface area contributed by atoms with Crippen molar-refractivity contribution < 1.29 is 9.90 Å². The monoisotopic (exact) mass is 455 g/mol. The van der Waals surface area contributed by atoms with E-state index in [1.54, 1.807) is 0 Å². The van der Waals surface area contributed by atoms with Gasteiger partial charge in [-0.2, -0.15) is 0 Å². The lowest BCUT2D eigenvalue weighted by Gasteiger charge is -2.14. The number of aliphatic hydroxyl groups excluding tert-OH is 1. The van der Waals surface area contributed by atoms with Crippen LogP contribution in [0.25, 0.3) is 23.1 Å². The van der Waals surface area contributed by atoms with Gasteiger partial charge in [-0.05, 0) is 46.5 Å². The number of hydrogen-bond acceptors (Lipinski definition) is 3. The molecule has 4 heteroatoms. The molecular formula is C29H26ClNO2. The summed E-state index contributed by atoms with van der Waals surface area (Å²) in [6.07, 6.45) is 4.71. The number of hydrogen-bond donors (Lipinski definition) is 1. The maximum absolute atomic E-state index is 12.8. The molecule has 3 aromatic carbocycles. The van der Waals surface area contributed by atoms with Crippen molar-refractivity contribution >= 4 is 40.4 Å². The third kappa shape index (κ3) is 5.95. The first kappa shape index (κ1) is 22.9. The molecule has 1 aromatic heterocycles. The average Bonchev–Trinajstić information content (AvgIpc) is 2.82. The van der Waals surface area contributed by atoms with Crippen LogP contribution in [0.5, 0.6) is 0 Å². The van der Waals surface area contributed by atoms with Crippen molar-refractivity contribution in [2.24, 2.45) is 0 Å². The van der Waals surface area contributed by atoms with Crippen LogP contribution in [0.4, 0.5) is 0 Å². The number of Topliss-reactive ketones (excluding diaryl/α,β-unsaturated/α-hetero) is 1. The van der Waals surface area contributed by atoms with Gasteiger partial charge in [-0.25, -0.2) is 4.98 Å². The van der Waals surface area contributed by atoms with Crippen LogP contribution in [0, 0.1) is 0 Å². The van der Waals surface area contributed by atoms with Gasteiger partial charge in [-0.3, -0.25) is 4.79 Å². The smallest absolute Gasteiger partial charge is 0.141 e. The van der Waals surface area contributed by atoms with E-state index in [9.17, 15) is 9.90 Å². The number of aliphatic hydroxyl groups is 1. The highest BCUT2D eigenvalue weighted by atomic mass is 35.5. The normalized spacial score (nSPS) is 12.3. The Morgan fingerprint density at radius 2 is 1.79 bits per heavy atom. The van der Waals surface area contributed by atoms with E-state index in [4.69, 9.17) is 11.6 Å². The van der Waals surface area contributed by atoms with Crippen LogP contribution in [0.3, 0.4) is 0 Å². The first-order valence-corrected chi connectivity index (χ1v) is 11.4. The standard InChI is InChI=1S/C29H26ClNO2/c1-20(19-32)28-8-3-2-7-24(28)17-27(33)16-22-6-4-5-21(15-22)9-13-26-14-11-23-10-12-25(30)18-29(23)31-26/h2-15,18,20,32H,16-17,19H2,1H3/b13-9+. The number of nitrogens with zero attached hydrogens (tertiary/aromatic N) is 1. The van der Waals surface area contributed by atoms with Crippen LogP contribution >= 0.6 is 11.6 Å². The van der Waals surface area contributed by atoms with Crippen molar-refractivity contribution in [2.45, 2.75) is 25.7 Å². The number of carbonyl (C=O) groups excluding carboxylic acids is 1. The topological polar surface area (TPSA) is 50.2 Å². The van der Waals surface area contributed by atoms with Gasteiger partial charge < -0.3 is 5.11 Å². The van der Waals surface area contributed by atoms with Gasteiger partial charge in [0.05, 0.1) is 11.2 Å². The minimum Gasteiger partial charge on any atom is -0.396 e. The Bertz CT molecular complexity index is 1310. The van der Waals surface area contributed by atoms with Crippen molar-refractivity contribution in [2.75, 3.05) is 6.61 Å². The van der Waals surface area contributed by atoms with Crippen LogP contribution in [0.2, 0.25) is 5.02 Å². The van der Waals surface area contributed by atoms with Gasteiger partial charge in [0, 0.05) is 35.8 Å². The van der Waals surface area contributed by atoms with Crippen molar-refractivity contribution in [1.29, 1.82) is 0 Å². The van der Waals surface area contributed by atoms with Gasteiger partial charge in [0.1, 0.15) is 5.78 Å². The molecule has 0 aliphatic rings. The summed E-state index contributed by atoms with van der Waals surface area (Å²) in [4.78, 5) is 17.4. The van der Waals surface area contributed by atoms with E-state index in [1.165, 1.54) is 0 Å². The minimum absolute atomic E-state index is 0.0159. The molecule has 1 N–H and O–H groups in total. The average molecular weight is 456 g/mol. The van der Waals surface area contributed by atoms with Crippen molar-refractivity contribution in [3.8, 4) is 0 Å². The predicted molar refractivity (Wildman–Crippen MR) is 136 cm³/mol. The second-order valence-electron chi connectivity index (χ2n) is 8.33. The second-order valence-corrected chi connectivity index (χ2v) is 8.76. The lowest BCUT2D eigenvalue weighted by atomic mass is 9.92. The largest absolute Gasteiger partial charge is 0.396 e. The molecule has 0 saturated heterocycles. The quantitative estimate of drug-likeness (QED) is 0.329. The van der Waals surface area contributed by atoms with E-state index in [-0.39, 0.29) is 18.3 Å². The molecule has 4 rings (SSSR count). The van der Waals surface area contributed by atoms with Gasteiger partial charge in [0.25, 0.3) is 0 Å². The molecule has 3 nitrogen and oxygen atoms in total. The minimum atomic E-state index is 0.0159. The van der Waals surface area contributed by atoms with E-state index >= 15 is 0 Å². The highest BCUT2D eigenvalue weighted by Gasteiger charge is 2.13. The van der Waals surface area contributed by atoms with Crippen LogP contribution in [0.1, 0.15) is 40.8 Å². The molecule has 0 bridgehead atoms. The number of carbonyl (C=O) groups is 1. The molecule has 0 radical (unpaired) electrons. The molecule has 33 heavy (non-hydrogen) atoms. The fourth-order valence-electron chi connectivity index (χ4n) is 3.96. The third-order valence-electron chi connectivity index (χ3n) is 5.72. The Kier molecular flexibility index (Phi) is 7.33. The van der Waals surface area contributed by atoms with E-state index in [2.05, 4.69) is 4.98 Å². The number of fused-ring (bicyclic) bond motifs is 1. The Balaban J connectivity index is 1.46. The third-order valence-corrected chi connectivity index (χ3v) is 5.96. The van der Waals surface area contributed by atoms with E-state index in [0.29, 0.717) is 17.9 Å². The molecule has 1 atom stereocenters. The van der Waals surface area contributed by atoms with Gasteiger partial charge in [-0.15, -0.1) is 0 Å². The van der Waals surface area contributed by atoms with Crippen LogP contribution in [-0.2, 0) is 17.6 Å². The maximum Gasteiger partial charge on any atom is 0.141 e. The fraction of sp³-hybridized carbons (Fsp3) is 0.172. The zero-order chi connectivity index (χ0) is 23.2. The van der Waals surface area contributed by atoms with Crippen LogP contribution in [-0.4, -0.2) is 22.5 Å². The van der Waals surface area contributed by atoms with Gasteiger partial charge >= 0.3 is 0 Å². The summed E-state index contributed by atoms with van der Waals surface area (Å²) in [5.74, 6) is 0.170. The maximum atomic E-state index is 12.8. The van der Waals surface area contributed by atoms with Gasteiger partial charge in [0.15, 0.2) is 0 Å². The number of rotatable bonds is 8. The lowest BCUT2D eigenvalue weighted by molar-refractivity contribution is -0.117. The number of halogens is 1. The van der Waals surface area contributed by atoms with Gasteiger partial charge in [0.2, 0.25) is 0 Å². The summed E-state index contributed by atoms with van der Waals surface area (Å²) < 4.78 is 0. The molecule has 0 spiro atoms. The highest BCUT2D eigenvalue weighted by Crippen LogP contribution is 2.21. The number of benzene rings is 3. The Hall–Kier alpha value is -3.27. The highest BCUT2D eigenvalue weighted by molar-refractivity contribution is 6.31. The van der Waals surface area contributed by atoms with Gasteiger partial charge in [-0.1, -0.05) is 85.3 Å². The summed E-state index contributed by atoms with van der Waals surface area (Å²) in [6.45, 7) is 2.04. The summed E-state index contributed by atoms with van der Waals surface area (Å²) >= 11 is 6.09. The molecule has 0 aliphatic carbocycles. The summed E-state index contributed by atoms with van der Waals surface area (Å²) in [7, 11) is 0. The summed E-state index contributed by atoms with van der Waals surface area (Å²) in [5, 5.41) is 11.2. The number of aromatic nitrogens is 1. The van der Waals surface area contributed by atoms with E-state index < -0.39 is 0 Å². The van der Waals surface area contributed by atoms with Crippen LogP contribution in [0.15, 0.2) is 78.9 Å². The molecule has 0 amide bonds. The van der Waals surface area contributed by atoms with Crippen molar-refractivity contribution in [3.05, 3.63) is 112 Å². The molecular weight excluding hydrogens is 430 g/mol. The zero-order valence-electron chi connectivity index (χ0n) is 18.5. The predicted octanol–water partition coefficient (Wildman–Crippen LogP) is 6.51. The Labute approximate surface area is 199 Å². The van der Waals surface area contributed by atoms with Crippen molar-refractivity contribution in [3.63, 3.8) is 0 Å². The first-order valence-electron chi connectivity index (χ1n) is 11.1. The Morgan fingerprint density at radius 3 is 2.64 bits per heavy atom. The fourth-order valence-corrected chi connectivity index (χ4v) is 4.13. The molecule has 4 aromatic rings. The summed E-state index contributed by atoms with van der Waals surface area (Å²) in [6, 6.07) is 25.5. The molecule has 0 aliphatic heterocycles. The number of pyridine rings is 1. The SMILES string of the molecule is CC(CO)c1ccccc1CC(=O)Cc1cccc(/C=C/c2ccc3ccc(Cl)cc3n2)c1. The number of ketones is 1. The summed E-state index contributed by atoms with van der Waals surface area (Å²) in [5.41, 5.74) is 5.73. The zero-order valence-corrected chi connectivity index (χ0v) is 19.3. The van der Waals surface area contributed by atoms with E-state index in [0.717, 1.165) is 38.9 Å². The second kappa shape index (κ2) is 10.6. The molecule has 1 heterocycles. The van der Waals surface area contributed by atoms with E-state index in [1.807, 2.05) is 97.9 Å². The molecule has 0 fully saturated rings. The lowest BCUT2D eigenvalue weighted by Crippen LogP contribution is -2.10. The Morgan fingerprint density at radius 1 is 0.970 bits per heavy atom. The first-order chi connectivity index (χ1) is 16.0.